The van der Waals surface area contributed by atoms with Gasteiger partial charge in [-0.15, -0.1) is 0 Å². The highest BCUT2D eigenvalue weighted by atomic mass is 35.5. The highest BCUT2D eigenvalue weighted by Crippen LogP contribution is 2.50. The summed E-state index contributed by atoms with van der Waals surface area (Å²) in [5.41, 5.74) is 7.54. The van der Waals surface area contributed by atoms with Gasteiger partial charge in [-0.1, -0.05) is 60.1 Å². The molecule has 1 N–H and O–H groups in total. The minimum atomic E-state index is -0.414. The van der Waals surface area contributed by atoms with Crippen LogP contribution in [0.15, 0.2) is 78.9 Å². The molecule has 0 bridgehead atoms. The fraction of sp³-hybridized carbons (Fsp3) is 0.219. The monoisotopic (exact) mass is 510 g/mol. The number of hydrogen-bond donors (Lipinski definition) is 1. The van der Waals surface area contributed by atoms with E-state index < -0.39 is 6.04 Å². The van der Waals surface area contributed by atoms with E-state index >= 15 is 0 Å². The van der Waals surface area contributed by atoms with Crippen LogP contribution in [0.2, 0.25) is 5.02 Å². The van der Waals surface area contributed by atoms with E-state index in [9.17, 15) is 4.79 Å². The Balaban J connectivity index is 1.74. The van der Waals surface area contributed by atoms with Gasteiger partial charge in [0.1, 0.15) is 11.5 Å². The van der Waals surface area contributed by atoms with Crippen LogP contribution in [-0.2, 0) is 0 Å². The molecule has 4 aromatic rings. The van der Waals surface area contributed by atoms with Crippen molar-refractivity contribution in [3.05, 3.63) is 112 Å². The van der Waals surface area contributed by atoms with Crippen molar-refractivity contribution in [1.29, 1.82) is 0 Å². The number of fused-ring (bicyclic) bond motifs is 2. The second kappa shape index (κ2) is 10.3. The first-order valence-electron chi connectivity index (χ1n) is 12.7. The van der Waals surface area contributed by atoms with Crippen LogP contribution in [0.25, 0.3) is 11.1 Å². The van der Waals surface area contributed by atoms with E-state index in [1.807, 2.05) is 68.4 Å². The fourth-order valence-electron chi connectivity index (χ4n) is 5.08. The summed E-state index contributed by atoms with van der Waals surface area (Å²) in [5, 5.41) is 3.98. The summed E-state index contributed by atoms with van der Waals surface area (Å²) in [6.07, 6.45) is 0. The van der Waals surface area contributed by atoms with Crippen molar-refractivity contribution in [2.45, 2.75) is 33.7 Å². The summed E-state index contributed by atoms with van der Waals surface area (Å²) in [6, 6.07) is 25.7. The first-order chi connectivity index (χ1) is 17.9. The molecule has 5 heteroatoms. The van der Waals surface area contributed by atoms with Gasteiger partial charge in [-0.25, -0.2) is 0 Å². The standard InChI is InChI=1S/C32H31ClN2O2/c1-5-35(6-2)23-17-25(22-13-8-7-9-14-22)30-29(18-23)37-28-19-27(33)21(4)16-26(28)31(30)34-32(36)24-15-11-10-12-20(24)3/h7-19,31H,5-6H2,1-4H3,(H,34,36). The second-order valence-corrected chi connectivity index (χ2v) is 9.81. The van der Waals surface area contributed by atoms with Gasteiger partial charge in [0, 0.05) is 52.6 Å². The number of anilines is 1. The lowest BCUT2D eigenvalue weighted by Crippen LogP contribution is -2.32. The zero-order chi connectivity index (χ0) is 26.1. The average Bonchev–Trinajstić information content (AvgIpc) is 2.90. The Morgan fingerprint density at radius 1 is 0.892 bits per heavy atom. The topological polar surface area (TPSA) is 41.6 Å². The van der Waals surface area contributed by atoms with E-state index in [4.69, 9.17) is 16.3 Å². The lowest BCUT2D eigenvalue weighted by atomic mass is 9.86. The molecule has 4 aromatic carbocycles. The van der Waals surface area contributed by atoms with Gasteiger partial charge in [0.2, 0.25) is 0 Å². The molecule has 0 fully saturated rings. The Morgan fingerprint density at radius 2 is 1.59 bits per heavy atom. The smallest absolute Gasteiger partial charge is 0.252 e. The van der Waals surface area contributed by atoms with Crippen LogP contribution in [-0.4, -0.2) is 19.0 Å². The third-order valence-corrected chi connectivity index (χ3v) is 7.52. The van der Waals surface area contributed by atoms with Crippen molar-refractivity contribution in [3.63, 3.8) is 0 Å². The third-order valence-electron chi connectivity index (χ3n) is 7.12. The number of ether oxygens (including phenoxy) is 1. The molecule has 0 spiro atoms. The molecule has 0 aliphatic carbocycles. The van der Waals surface area contributed by atoms with Gasteiger partial charge in [-0.05, 0) is 68.1 Å². The van der Waals surface area contributed by atoms with Crippen LogP contribution in [0.5, 0.6) is 11.5 Å². The minimum absolute atomic E-state index is 0.124. The number of halogens is 1. The Hall–Kier alpha value is -3.76. The lowest BCUT2D eigenvalue weighted by molar-refractivity contribution is 0.0941. The van der Waals surface area contributed by atoms with Gasteiger partial charge in [-0.3, -0.25) is 4.79 Å². The van der Waals surface area contributed by atoms with Gasteiger partial charge in [0.05, 0.1) is 6.04 Å². The first kappa shape index (κ1) is 24.9. The van der Waals surface area contributed by atoms with Crippen LogP contribution in [0, 0.1) is 13.8 Å². The molecule has 1 heterocycles. The van der Waals surface area contributed by atoms with Crippen molar-refractivity contribution < 1.29 is 9.53 Å². The molecule has 1 unspecified atom stereocenters. The molecular formula is C32H31ClN2O2. The Morgan fingerprint density at radius 3 is 2.30 bits per heavy atom. The maximum Gasteiger partial charge on any atom is 0.252 e. The van der Waals surface area contributed by atoms with Gasteiger partial charge in [0.15, 0.2) is 0 Å². The number of aryl methyl sites for hydroxylation is 2. The number of nitrogens with zero attached hydrogens (tertiary/aromatic N) is 1. The number of nitrogens with one attached hydrogen (secondary N) is 1. The molecule has 4 nitrogen and oxygen atoms in total. The zero-order valence-corrected chi connectivity index (χ0v) is 22.4. The van der Waals surface area contributed by atoms with Crippen molar-refractivity contribution >= 4 is 23.2 Å². The molecule has 0 saturated carbocycles. The highest BCUT2D eigenvalue weighted by molar-refractivity contribution is 6.31. The number of carbonyl (C=O) groups excluding carboxylic acids is 1. The van der Waals surface area contributed by atoms with E-state index in [2.05, 4.69) is 48.3 Å². The summed E-state index contributed by atoms with van der Waals surface area (Å²) in [4.78, 5) is 15.9. The first-order valence-corrected chi connectivity index (χ1v) is 13.1. The predicted molar refractivity (Wildman–Crippen MR) is 152 cm³/mol. The van der Waals surface area contributed by atoms with Crippen LogP contribution in [0.3, 0.4) is 0 Å². The Kier molecular flexibility index (Phi) is 6.94. The summed E-state index contributed by atoms with van der Waals surface area (Å²) in [6.45, 7) is 9.97. The number of hydrogen-bond acceptors (Lipinski definition) is 3. The number of benzene rings is 4. The number of carbonyl (C=O) groups is 1. The molecule has 0 saturated heterocycles. The average molecular weight is 511 g/mol. The molecule has 37 heavy (non-hydrogen) atoms. The Bertz CT molecular complexity index is 1460. The van der Waals surface area contributed by atoms with E-state index in [0.29, 0.717) is 16.3 Å². The van der Waals surface area contributed by atoms with E-state index in [0.717, 1.165) is 57.9 Å². The molecule has 1 atom stereocenters. The highest BCUT2D eigenvalue weighted by Gasteiger charge is 2.33. The predicted octanol–water partition coefficient (Wildman–Crippen LogP) is 8.10. The normalized spacial score (nSPS) is 13.8. The fourth-order valence-corrected chi connectivity index (χ4v) is 5.24. The third kappa shape index (κ3) is 4.70. The SMILES string of the molecule is CCN(CC)c1cc2c(c(-c3ccccc3)c1)C(NC(=O)c1ccccc1C)c1cc(C)c(Cl)cc1O2. The minimum Gasteiger partial charge on any atom is -0.456 e. The summed E-state index contributed by atoms with van der Waals surface area (Å²) in [7, 11) is 0. The Labute approximate surface area is 223 Å². The van der Waals surface area contributed by atoms with Crippen molar-refractivity contribution in [2.24, 2.45) is 0 Å². The van der Waals surface area contributed by atoms with Crippen molar-refractivity contribution in [2.75, 3.05) is 18.0 Å². The van der Waals surface area contributed by atoms with Crippen molar-refractivity contribution in [1.82, 2.24) is 5.32 Å². The molecule has 1 aliphatic heterocycles. The van der Waals surface area contributed by atoms with Crippen molar-refractivity contribution in [3.8, 4) is 22.6 Å². The van der Waals surface area contributed by atoms with E-state index in [1.165, 1.54) is 0 Å². The molecule has 1 aliphatic rings. The van der Waals surface area contributed by atoms with Gasteiger partial charge < -0.3 is 15.0 Å². The second-order valence-electron chi connectivity index (χ2n) is 9.41. The maximum absolute atomic E-state index is 13.6. The summed E-state index contributed by atoms with van der Waals surface area (Å²) < 4.78 is 6.53. The van der Waals surface area contributed by atoms with Crippen LogP contribution in [0.4, 0.5) is 5.69 Å². The van der Waals surface area contributed by atoms with Crippen LogP contribution in [0.1, 0.15) is 52.5 Å². The van der Waals surface area contributed by atoms with Gasteiger partial charge in [0.25, 0.3) is 5.91 Å². The maximum atomic E-state index is 13.6. The van der Waals surface area contributed by atoms with E-state index in [-0.39, 0.29) is 5.91 Å². The van der Waals surface area contributed by atoms with E-state index in [1.54, 1.807) is 0 Å². The molecule has 5 rings (SSSR count). The summed E-state index contributed by atoms with van der Waals surface area (Å²) in [5.74, 6) is 1.26. The van der Waals surface area contributed by atoms with Crippen LogP contribution < -0.4 is 15.0 Å². The summed E-state index contributed by atoms with van der Waals surface area (Å²) >= 11 is 6.52. The molecule has 0 aromatic heterocycles. The molecule has 1 amide bonds. The number of rotatable bonds is 6. The number of amides is 1. The van der Waals surface area contributed by atoms with Gasteiger partial charge in [-0.2, -0.15) is 0 Å². The molecule has 0 radical (unpaired) electrons. The molecular weight excluding hydrogens is 480 g/mol. The van der Waals surface area contributed by atoms with Gasteiger partial charge >= 0.3 is 0 Å². The lowest BCUT2D eigenvalue weighted by Gasteiger charge is -2.33. The molecule has 188 valence electrons. The zero-order valence-electron chi connectivity index (χ0n) is 21.6. The van der Waals surface area contributed by atoms with Crippen LogP contribution >= 0.6 is 11.6 Å². The largest absolute Gasteiger partial charge is 0.456 e. The quantitative estimate of drug-likeness (QED) is 0.285.